The highest BCUT2D eigenvalue weighted by Gasteiger charge is 1.98. The molecule has 1 aromatic rings. The largest absolute Gasteiger partial charge is 0.425 e. The van der Waals surface area contributed by atoms with Gasteiger partial charge in [-0.05, 0) is 0 Å². The van der Waals surface area contributed by atoms with E-state index in [1.54, 1.807) is 6.07 Å². The molecule has 1 aromatic heterocycles. The maximum atomic E-state index is 8.75. The smallest absolute Gasteiger partial charge is 0.217 e. The molecule has 0 amide bonds. The Labute approximate surface area is 54.7 Å². The van der Waals surface area contributed by atoms with Crippen LogP contribution in [0.4, 0.5) is 0 Å². The standard InChI is InChI=1S/C4H3N3OS/c5-1-3-2-9-4(6)7(3)8/h2,6,8H. The number of thiazole rings is 1. The monoisotopic (exact) mass is 141 g/mol. The summed E-state index contributed by atoms with van der Waals surface area (Å²) in [7, 11) is 0. The van der Waals surface area contributed by atoms with E-state index in [0.717, 1.165) is 11.3 Å². The van der Waals surface area contributed by atoms with E-state index in [-0.39, 0.29) is 10.5 Å². The molecule has 0 bridgehead atoms. The van der Waals surface area contributed by atoms with Crippen molar-refractivity contribution in [2.24, 2.45) is 0 Å². The van der Waals surface area contributed by atoms with E-state index in [9.17, 15) is 0 Å². The Morgan fingerprint density at radius 2 is 2.56 bits per heavy atom. The summed E-state index contributed by atoms with van der Waals surface area (Å²) < 4.78 is 0.546. The molecule has 46 valence electrons. The van der Waals surface area contributed by atoms with Crippen LogP contribution in [0.15, 0.2) is 5.38 Å². The number of hydrogen-bond acceptors (Lipinski definition) is 4. The number of nitriles is 1. The van der Waals surface area contributed by atoms with E-state index < -0.39 is 0 Å². The molecule has 1 heterocycles. The second-order valence-electron chi connectivity index (χ2n) is 1.35. The summed E-state index contributed by atoms with van der Waals surface area (Å²) in [5, 5.41) is 25.3. The second-order valence-corrected chi connectivity index (χ2v) is 2.21. The van der Waals surface area contributed by atoms with Gasteiger partial charge in [0.1, 0.15) is 6.07 Å². The van der Waals surface area contributed by atoms with Crippen LogP contribution in [0.5, 0.6) is 0 Å². The zero-order valence-corrected chi connectivity index (χ0v) is 5.14. The third-order valence-corrected chi connectivity index (χ3v) is 1.55. The average molecular weight is 141 g/mol. The number of nitrogens with one attached hydrogen (secondary N) is 1. The summed E-state index contributed by atoms with van der Waals surface area (Å²) in [5.74, 6) is 0. The topological polar surface area (TPSA) is 72.8 Å². The Balaban J connectivity index is 3.41. The van der Waals surface area contributed by atoms with Crippen LogP contribution in [0.1, 0.15) is 5.69 Å². The molecule has 0 unspecified atom stereocenters. The summed E-state index contributed by atoms with van der Waals surface area (Å²) in [6, 6.07) is 1.72. The van der Waals surface area contributed by atoms with Gasteiger partial charge < -0.3 is 5.21 Å². The highest BCUT2D eigenvalue weighted by atomic mass is 32.1. The molecule has 9 heavy (non-hydrogen) atoms. The summed E-state index contributed by atoms with van der Waals surface area (Å²) in [5.41, 5.74) is 0.102. The molecule has 0 aliphatic carbocycles. The van der Waals surface area contributed by atoms with E-state index >= 15 is 0 Å². The SMILES string of the molecule is N#Cc1csc(=N)n1O. The number of rotatable bonds is 0. The van der Waals surface area contributed by atoms with Crippen molar-refractivity contribution in [3.05, 3.63) is 15.9 Å². The third-order valence-electron chi connectivity index (χ3n) is 0.817. The number of nitrogens with zero attached hydrogens (tertiary/aromatic N) is 2. The molecule has 0 aliphatic rings. The first-order valence-electron chi connectivity index (χ1n) is 2.10. The van der Waals surface area contributed by atoms with Crippen molar-refractivity contribution in [3.8, 4) is 6.07 Å². The molecule has 0 saturated heterocycles. The minimum absolute atomic E-state index is 0.0356. The van der Waals surface area contributed by atoms with Crippen molar-refractivity contribution < 1.29 is 5.21 Å². The van der Waals surface area contributed by atoms with Crippen molar-refractivity contribution >= 4 is 11.3 Å². The molecule has 0 radical (unpaired) electrons. The lowest BCUT2D eigenvalue weighted by Gasteiger charge is -1.85. The van der Waals surface area contributed by atoms with Gasteiger partial charge in [-0.3, -0.25) is 5.41 Å². The van der Waals surface area contributed by atoms with Crippen LogP contribution in [-0.2, 0) is 0 Å². The molecule has 0 aromatic carbocycles. The molecular weight excluding hydrogens is 138 g/mol. The lowest BCUT2D eigenvalue weighted by molar-refractivity contribution is 0.173. The van der Waals surface area contributed by atoms with Gasteiger partial charge in [0.05, 0.1) is 0 Å². The number of hydrogen-bond donors (Lipinski definition) is 2. The van der Waals surface area contributed by atoms with Crippen LogP contribution in [0.3, 0.4) is 0 Å². The fourth-order valence-electron chi connectivity index (χ4n) is 0.395. The zero-order chi connectivity index (χ0) is 6.85. The highest BCUT2D eigenvalue weighted by Crippen LogP contribution is 1.94. The van der Waals surface area contributed by atoms with Gasteiger partial charge in [0.25, 0.3) is 0 Å². The van der Waals surface area contributed by atoms with Gasteiger partial charge in [-0.2, -0.15) is 5.26 Å². The Bertz CT molecular complexity index is 304. The van der Waals surface area contributed by atoms with E-state index in [4.69, 9.17) is 15.9 Å². The van der Waals surface area contributed by atoms with Crippen LogP contribution in [0.25, 0.3) is 0 Å². The summed E-state index contributed by atoms with van der Waals surface area (Å²) in [6.07, 6.45) is 0. The quantitative estimate of drug-likeness (QED) is 0.504. The number of aromatic nitrogens is 1. The van der Waals surface area contributed by atoms with Crippen molar-refractivity contribution in [2.75, 3.05) is 0 Å². The highest BCUT2D eigenvalue weighted by molar-refractivity contribution is 7.07. The van der Waals surface area contributed by atoms with Crippen LogP contribution in [-0.4, -0.2) is 9.94 Å². The van der Waals surface area contributed by atoms with Crippen molar-refractivity contribution in [1.82, 2.24) is 4.73 Å². The molecule has 0 atom stereocenters. The Morgan fingerprint density at radius 3 is 2.78 bits per heavy atom. The van der Waals surface area contributed by atoms with Gasteiger partial charge >= 0.3 is 0 Å². The van der Waals surface area contributed by atoms with E-state index in [1.165, 1.54) is 5.38 Å². The van der Waals surface area contributed by atoms with Crippen LogP contribution in [0.2, 0.25) is 0 Å². The lowest BCUT2D eigenvalue weighted by atomic mass is 10.6. The van der Waals surface area contributed by atoms with Gasteiger partial charge in [0.15, 0.2) is 5.69 Å². The summed E-state index contributed by atoms with van der Waals surface area (Å²) in [6.45, 7) is 0. The Hall–Kier alpha value is -1.28. The zero-order valence-electron chi connectivity index (χ0n) is 4.33. The Kier molecular flexibility index (Phi) is 1.24. The van der Waals surface area contributed by atoms with Crippen LogP contribution in [0, 0.1) is 16.7 Å². The molecule has 5 heteroatoms. The van der Waals surface area contributed by atoms with E-state index in [0.29, 0.717) is 4.73 Å². The third kappa shape index (κ3) is 0.795. The molecule has 1 rings (SSSR count). The van der Waals surface area contributed by atoms with Gasteiger partial charge in [0.2, 0.25) is 4.80 Å². The first kappa shape index (κ1) is 5.85. The van der Waals surface area contributed by atoms with Crippen molar-refractivity contribution in [2.45, 2.75) is 0 Å². The van der Waals surface area contributed by atoms with Crippen LogP contribution >= 0.6 is 11.3 Å². The van der Waals surface area contributed by atoms with Crippen molar-refractivity contribution in [1.29, 1.82) is 10.7 Å². The van der Waals surface area contributed by atoms with Gasteiger partial charge in [-0.25, -0.2) is 0 Å². The molecule has 0 saturated carbocycles. The molecule has 2 N–H and O–H groups in total. The van der Waals surface area contributed by atoms with E-state index in [1.807, 2.05) is 0 Å². The molecular formula is C4H3N3OS. The van der Waals surface area contributed by atoms with E-state index in [2.05, 4.69) is 0 Å². The molecule has 4 nitrogen and oxygen atoms in total. The van der Waals surface area contributed by atoms with Crippen LogP contribution < -0.4 is 4.80 Å². The minimum atomic E-state index is -0.0356. The Morgan fingerprint density at radius 1 is 1.89 bits per heavy atom. The fourth-order valence-corrected chi connectivity index (χ4v) is 0.969. The molecule has 0 fully saturated rings. The second kappa shape index (κ2) is 1.91. The molecule has 0 spiro atoms. The predicted octanol–water partition coefficient (Wildman–Crippen LogP) is 0.138. The first-order chi connectivity index (χ1) is 4.25. The summed E-state index contributed by atoms with van der Waals surface area (Å²) in [4.78, 5) is -0.0356. The van der Waals surface area contributed by atoms with Crippen molar-refractivity contribution in [3.63, 3.8) is 0 Å². The lowest BCUT2D eigenvalue weighted by Crippen LogP contribution is -2.10. The maximum Gasteiger partial charge on any atom is 0.217 e. The average Bonchev–Trinajstić information content (AvgIpc) is 2.15. The molecule has 0 aliphatic heterocycles. The maximum absolute atomic E-state index is 8.75. The summed E-state index contributed by atoms with van der Waals surface area (Å²) >= 11 is 1.01. The minimum Gasteiger partial charge on any atom is -0.425 e. The normalized spacial score (nSPS) is 8.78. The predicted molar refractivity (Wildman–Crippen MR) is 30.1 cm³/mol. The van der Waals surface area contributed by atoms with Gasteiger partial charge in [-0.1, -0.05) is 0 Å². The van der Waals surface area contributed by atoms with Gasteiger partial charge in [-0.15, -0.1) is 16.1 Å². The van der Waals surface area contributed by atoms with Gasteiger partial charge in [0, 0.05) is 5.38 Å². The first-order valence-corrected chi connectivity index (χ1v) is 2.98. The fraction of sp³-hybridized carbons (Fsp3) is 0.